The topological polar surface area (TPSA) is 87.0 Å². The summed E-state index contributed by atoms with van der Waals surface area (Å²) in [5.41, 5.74) is 0.552. The van der Waals surface area contributed by atoms with E-state index in [1.165, 1.54) is 24.4 Å². The fourth-order valence-electron chi connectivity index (χ4n) is 2.30. The predicted molar refractivity (Wildman–Crippen MR) is 89.1 cm³/mol. The van der Waals surface area contributed by atoms with Crippen LogP contribution in [-0.2, 0) is 10.1 Å². The van der Waals surface area contributed by atoms with Crippen LogP contribution in [0.4, 0.5) is 5.69 Å². The zero-order valence-electron chi connectivity index (χ0n) is 11.9. The number of hydrogen-bond donors (Lipinski definition) is 2. The van der Waals surface area contributed by atoms with Gasteiger partial charge in [0.15, 0.2) is 0 Å². The molecule has 3 rings (SSSR count). The number of phenols is 1. The lowest BCUT2D eigenvalue weighted by atomic mass is 10.1. The maximum Gasteiger partial charge on any atom is 0.296 e. The van der Waals surface area contributed by atoms with Crippen LogP contribution in [0.25, 0.3) is 10.8 Å². The molecule has 0 saturated carbocycles. The van der Waals surface area contributed by atoms with Gasteiger partial charge >= 0.3 is 0 Å². The van der Waals surface area contributed by atoms with E-state index in [0.717, 1.165) is 5.39 Å². The molecule has 0 saturated heterocycles. The molecule has 23 heavy (non-hydrogen) atoms. The molecule has 6 heteroatoms. The van der Waals surface area contributed by atoms with Gasteiger partial charge in [-0.1, -0.05) is 42.5 Å². The Bertz CT molecular complexity index is 1010. The second kappa shape index (κ2) is 5.83. The monoisotopic (exact) mass is 327 g/mol. The molecule has 0 atom stereocenters. The van der Waals surface area contributed by atoms with E-state index in [0.29, 0.717) is 10.9 Å². The highest BCUT2D eigenvalue weighted by atomic mass is 32.2. The van der Waals surface area contributed by atoms with Crippen LogP contribution in [-0.4, -0.2) is 24.3 Å². The van der Waals surface area contributed by atoms with E-state index in [4.69, 9.17) is 0 Å². The smallest absolute Gasteiger partial charge is 0.296 e. The van der Waals surface area contributed by atoms with E-state index in [-0.39, 0.29) is 16.3 Å². The first-order valence-corrected chi connectivity index (χ1v) is 8.22. The van der Waals surface area contributed by atoms with Gasteiger partial charge in [0.05, 0.1) is 5.69 Å². The first-order valence-electron chi connectivity index (χ1n) is 6.78. The predicted octanol–water partition coefficient (Wildman–Crippen LogP) is 3.54. The Kier molecular flexibility index (Phi) is 3.85. The zero-order valence-corrected chi connectivity index (χ0v) is 12.7. The lowest BCUT2D eigenvalue weighted by Crippen LogP contribution is -1.98. The molecule has 0 heterocycles. The maximum atomic E-state index is 11.3. The van der Waals surface area contributed by atoms with Gasteiger partial charge in [-0.25, -0.2) is 0 Å². The lowest BCUT2D eigenvalue weighted by Gasteiger charge is -2.05. The molecule has 0 spiro atoms. The molecule has 2 N–H and O–H groups in total. The normalized spacial score (nSPS) is 12.0. The summed E-state index contributed by atoms with van der Waals surface area (Å²) < 4.78 is 31.9. The number of nitrogens with zero attached hydrogens (tertiary/aromatic N) is 1. The van der Waals surface area contributed by atoms with Crippen molar-refractivity contribution in [1.82, 2.24) is 0 Å². The molecule has 116 valence electrons. The van der Waals surface area contributed by atoms with E-state index < -0.39 is 10.1 Å². The fraction of sp³-hybridized carbons (Fsp3) is 0. The minimum absolute atomic E-state index is 0.0659. The minimum atomic E-state index is -4.36. The third kappa shape index (κ3) is 3.08. The molecule has 0 aromatic heterocycles. The van der Waals surface area contributed by atoms with Crippen molar-refractivity contribution in [1.29, 1.82) is 0 Å². The Morgan fingerprint density at radius 3 is 2.39 bits per heavy atom. The van der Waals surface area contributed by atoms with Crippen molar-refractivity contribution in [2.45, 2.75) is 4.90 Å². The van der Waals surface area contributed by atoms with Crippen molar-refractivity contribution in [3.05, 3.63) is 66.2 Å². The number of phenolic OH excluding ortho intramolecular Hbond substituents is 1. The molecule has 0 radical (unpaired) electrons. The zero-order chi connectivity index (χ0) is 16.4. The SMILES string of the molecule is O=S(=O)(O)c1ccccc1N=Cc1ccc2ccccc2c1O. The summed E-state index contributed by atoms with van der Waals surface area (Å²) in [5.74, 6) is 0.0659. The van der Waals surface area contributed by atoms with Gasteiger partial charge < -0.3 is 5.11 Å². The number of hydrogen-bond acceptors (Lipinski definition) is 4. The Labute approximate surface area is 133 Å². The van der Waals surface area contributed by atoms with Gasteiger partial charge in [-0.15, -0.1) is 0 Å². The average Bonchev–Trinajstić information content (AvgIpc) is 2.54. The molecule has 0 amide bonds. The van der Waals surface area contributed by atoms with E-state index in [2.05, 4.69) is 4.99 Å². The Morgan fingerprint density at radius 1 is 0.913 bits per heavy atom. The third-order valence-electron chi connectivity index (χ3n) is 3.42. The Balaban J connectivity index is 2.07. The van der Waals surface area contributed by atoms with Crippen LogP contribution < -0.4 is 0 Å². The molecule has 0 aliphatic carbocycles. The first-order chi connectivity index (χ1) is 11.0. The van der Waals surface area contributed by atoms with Crippen molar-refractivity contribution in [3.8, 4) is 5.75 Å². The summed E-state index contributed by atoms with van der Waals surface area (Å²) in [6.07, 6.45) is 1.37. The fourth-order valence-corrected chi connectivity index (χ4v) is 2.93. The molecular weight excluding hydrogens is 314 g/mol. The lowest BCUT2D eigenvalue weighted by molar-refractivity contribution is 0.480. The maximum absolute atomic E-state index is 11.3. The summed E-state index contributed by atoms with van der Waals surface area (Å²) in [6.45, 7) is 0. The van der Waals surface area contributed by atoms with Crippen molar-refractivity contribution in [3.63, 3.8) is 0 Å². The summed E-state index contributed by atoms with van der Waals surface area (Å²) in [7, 11) is -4.36. The van der Waals surface area contributed by atoms with Gasteiger partial charge in [-0.2, -0.15) is 8.42 Å². The molecule has 3 aromatic rings. The molecular formula is C17H13NO4S. The van der Waals surface area contributed by atoms with Crippen molar-refractivity contribution >= 4 is 32.8 Å². The van der Waals surface area contributed by atoms with E-state index >= 15 is 0 Å². The molecule has 5 nitrogen and oxygen atoms in total. The summed E-state index contributed by atoms with van der Waals surface area (Å²) in [6, 6.07) is 16.7. The van der Waals surface area contributed by atoms with E-state index in [9.17, 15) is 18.1 Å². The van der Waals surface area contributed by atoms with E-state index in [1.807, 2.05) is 24.3 Å². The number of para-hydroxylation sites is 1. The Morgan fingerprint density at radius 2 is 1.61 bits per heavy atom. The number of aliphatic imine (C=N–C) groups is 1. The van der Waals surface area contributed by atoms with Crippen LogP contribution in [0, 0.1) is 0 Å². The largest absolute Gasteiger partial charge is 0.507 e. The molecule has 3 aromatic carbocycles. The van der Waals surface area contributed by atoms with E-state index in [1.54, 1.807) is 18.2 Å². The van der Waals surface area contributed by atoms with Gasteiger partial charge in [0, 0.05) is 17.2 Å². The highest BCUT2D eigenvalue weighted by Gasteiger charge is 2.14. The third-order valence-corrected chi connectivity index (χ3v) is 4.32. The second-order valence-electron chi connectivity index (χ2n) is 4.93. The first kappa shape index (κ1) is 15.2. The van der Waals surface area contributed by atoms with Crippen LogP contribution in [0.3, 0.4) is 0 Å². The second-order valence-corrected chi connectivity index (χ2v) is 6.32. The van der Waals surface area contributed by atoms with Crippen LogP contribution >= 0.6 is 0 Å². The van der Waals surface area contributed by atoms with Gasteiger partial charge in [0.25, 0.3) is 10.1 Å². The Hall–Kier alpha value is -2.70. The highest BCUT2D eigenvalue weighted by Crippen LogP contribution is 2.29. The van der Waals surface area contributed by atoms with Gasteiger partial charge in [0.1, 0.15) is 10.6 Å². The van der Waals surface area contributed by atoms with Crippen LogP contribution in [0.2, 0.25) is 0 Å². The molecule has 0 unspecified atom stereocenters. The summed E-state index contributed by atoms with van der Waals surface area (Å²) >= 11 is 0. The van der Waals surface area contributed by atoms with Crippen LogP contribution in [0.15, 0.2) is 70.6 Å². The minimum Gasteiger partial charge on any atom is -0.507 e. The number of benzene rings is 3. The van der Waals surface area contributed by atoms with Crippen molar-refractivity contribution in [2.75, 3.05) is 0 Å². The number of rotatable bonds is 3. The van der Waals surface area contributed by atoms with Crippen LogP contribution in [0.1, 0.15) is 5.56 Å². The highest BCUT2D eigenvalue weighted by molar-refractivity contribution is 7.86. The number of aromatic hydroxyl groups is 1. The number of fused-ring (bicyclic) bond motifs is 1. The average molecular weight is 327 g/mol. The molecule has 0 bridgehead atoms. The van der Waals surface area contributed by atoms with Gasteiger partial charge in [-0.05, 0) is 23.6 Å². The molecule has 0 aliphatic heterocycles. The molecule has 0 aliphatic rings. The van der Waals surface area contributed by atoms with Gasteiger partial charge in [-0.3, -0.25) is 9.55 Å². The molecule has 0 fully saturated rings. The standard InChI is InChI=1S/C17H13NO4S/c19-17-13(10-9-12-5-1-2-6-14(12)17)11-18-15-7-3-4-8-16(15)23(20,21)22/h1-11,19H,(H,20,21,22). The van der Waals surface area contributed by atoms with Crippen molar-refractivity contribution < 1.29 is 18.1 Å². The quantitative estimate of drug-likeness (QED) is 0.569. The van der Waals surface area contributed by atoms with Crippen LogP contribution in [0.5, 0.6) is 5.75 Å². The summed E-state index contributed by atoms with van der Waals surface area (Å²) in [5, 5.41) is 11.9. The summed E-state index contributed by atoms with van der Waals surface area (Å²) in [4.78, 5) is 3.81. The van der Waals surface area contributed by atoms with Crippen molar-refractivity contribution in [2.24, 2.45) is 4.99 Å². The van der Waals surface area contributed by atoms with Gasteiger partial charge in [0.2, 0.25) is 0 Å².